The fraction of sp³-hybridized carbons (Fsp3) is 0.0952. The number of methoxy groups -OCH3 is 1. The van der Waals surface area contributed by atoms with Crippen molar-refractivity contribution < 1.29 is 9.53 Å². The maximum absolute atomic E-state index is 12.7. The van der Waals surface area contributed by atoms with Crippen molar-refractivity contribution >= 4 is 22.6 Å². The van der Waals surface area contributed by atoms with E-state index < -0.39 is 0 Å². The Hall–Kier alpha value is -3.67. The van der Waals surface area contributed by atoms with Crippen LogP contribution in [0.15, 0.2) is 73.1 Å². The Morgan fingerprint density at radius 1 is 1.04 bits per heavy atom. The SMILES string of the molecule is COc1ccc(NC(=O)Cn2c(-c3ccncc3)nc3ccccc32)cc1. The summed E-state index contributed by atoms with van der Waals surface area (Å²) in [4.78, 5) is 21.4. The van der Waals surface area contributed by atoms with Crippen LogP contribution >= 0.6 is 0 Å². The van der Waals surface area contributed by atoms with E-state index in [2.05, 4.69) is 10.3 Å². The molecular weight excluding hydrogens is 340 g/mol. The second-order valence-corrected chi connectivity index (χ2v) is 6.02. The predicted molar refractivity (Wildman–Crippen MR) is 105 cm³/mol. The van der Waals surface area contributed by atoms with Gasteiger partial charge in [-0.05, 0) is 48.5 Å². The molecule has 0 spiro atoms. The number of nitrogens with zero attached hydrogens (tertiary/aromatic N) is 3. The van der Waals surface area contributed by atoms with E-state index in [1.807, 2.05) is 65.2 Å². The molecule has 4 rings (SSSR count). The number of carbonyl (C=O) groups excluding carboxylic acids is 1. The molecule has 0 radical (unpaired) electrons. The largest absolute Gasteiger partial charge is 0.497 e. The zero-order valence-electron chi connectivity index (χ0n) is 14.8. The molecule has 0 bridgehead atoms. The second kappa shape index (κ2) is 7.29. The van der Waals surface area contributed by atoms with Gasteiger partial charge < -0.3 is 14.6 Å². The van der Waals surface area contributed by atoms with Crippen LogP contribution in [-0.2, 0) is 11.3 Å². The Morgan fingerprint density at radius 3 is 2.52 bits per heavy atom. The van der Waals surface area contributed by atoms with Gasteiger partial charge in [0, 0.05) is 23.6 Å². The third-order valence-electron chi connectivity index (χ3n) is 4.27. The van der Waals surface area contributed by atoms with Crippen LogP contribution in [0.25, 0.3) is 22.4 Å². The van der Waals surface area contributed by atoms with Crippen LogP contribution in [0.1, 0.15) is 0 Å². The molecule has 0 aliphatic heterocycles. The number of fused-ring (bicyclic) bond motifs is 1. The monoisotopic (exact) mass is 358 g/mol. The quantitative estimate of drug-likeness (QED) is 0.590. The summed E-state index contributed by atoms with van der Waals surface area (Å²) in [6, 6.07) is 18.8. The fourth-order valence-corrected chi connectivity index (χ4v) is 2.98. The van der Waals surface area contributed by atoms with Gasteiger partial charge in [-0.2, -0.15) is 0 Å². The fourth-order valence-electron chi connectivity index (χ4n) is 2.98. The molecule has 0 aliphatic rings. The first-order valence-corrected chi connectivity index (χ1v) is 8.54. The summed E-state index contributed by atoms with van der Waals surface area (Å²) in [5.74, 6) is 1.36. The van der Waals surface area contributed by atoms with Gasteiger partial charge in [-0.1, -0.05) is 12.1 Å². The molecule has 0 fully saturated rings. The topological polar surface area (TPSA) is 69.0 Å². The number of anilines is 1. The Labute approximate surface area is 156 Å². The zero-order chi connectivity index (χ0) is 18.6. The molecule has 1 N–H and O–H groups in total. The molecule has 2 heterocycles. The molecule has 0 saturated heterocycles. The Morgan fingerprint density at radius 2 is 1.78 bits per heavy atom. The van der Waals surface area contributed by atoms with Crippen LogP contribution in [0.4, 0.5) is 5.69 Å². The van der Waals surface area contributed by atoms with Gasteiger partial charge in [0.05, 0.1) is 18.1 Å². The number of carbonyl (C=O) groups is 1. The van der Waals surface area contributed by atoms with Crippen LogP contribution in [-0.4, -0.2) is 27.6 Å². The molecule has 6 nitrogen and oxygen atoms in total. The highest BCUT2D eigenvalue weighted by Crippen LogP contribution is 2.24. The molecule has 4 aromatic rings. The van der Waals surface area contributed by atoms with Crippen LogP contribution in [0, 0.1) is 0 Å². The van der Waals surface area contributed by atoms with Crippen LogP contribution < -0.4 is 10.1 Å². The maximum atomic E-state index is 12.7. The van der Waals surface area contributed by atoms with Gasteiger partial charge in [-0.3, -0.25) is 9.78 Å². The molecule has 0 aliphatic carbocycles. The van der Waals surface area contributed by atoms with Crippen molar-refractivity contribution in [1.29, 1.82) is 0 Å². The summed E-state index contributed by atoms with van der Waals surface area (Å²) < 4.78 is 7.06. The van der Waals surface area contributed by atoms with Crippen molar-refractivity contribution in [3.63, 3.8) is 0 Å². The highest BCUT2D eigenvalue weighted by Gasteiger charge is 2.15. The number of pyridine rings is 1. The van der Waals surface area contributed by atoms with Crippen LogP contribution in [0.3, 0.4) is 0 Å². The average molecular weight is 358 g/mol. The molecule has 2 aromatic carbocycles. The van der Waals surface area contributed by atoms with Crippen LogP contribution in [0.5, 0.6) is 5.75 Å². The molecule has 0 unspecified atom stereocenters. The first-order chi connectivity index (χ1) is 13.2. The Kier molecular flexibility index (Phi) is 4.53. The highest BCUT2D eigenvalue weighted by molar-refractivity contribution is 5.92. The van der Waals surface area contributed by atoms with Crippen molar-refractivity contribution in [2.45, 2.75) is 6.54 Å². The number of hydrogen-bond acceptors (Lipinski definition) is 4. The number of hydrogen-bond donors (Lipinski definition) is 1. The van der Waals surface area contributed by atoms with E-state index in [0.717, 1.165) is 33.9 Å². The molecule has 0 saturated carbocycles. The molecule has 2 aromatic heterocycles. The van der Waals surface area contributed by atoms with Gasteiger partial charge >= 0.3 is 0 Å². The Balaban J connectivity index is 1.65. The third-order valence-corrected chi connectivity index (χ3v) is 4.27. The maximum Gasteiger partial charge on any atom is 0.244 e. The van der Waals surface area contributed by atoms with E-state index in [9.17, 15) is 4.79 Å². The molecule has 0 atom stereocenters. The summed E-state index contributed by atoms with van der Waals surface area (Å²) in [5, 5.41) is 2.92. The number of rotatable bonds is 5. The van der Waals surface area contributed by atoms with Crippen molar-refractivity contribution in [3.8, 4) is 17.1 Å². The molecule has 6 heteroatoms. The van der Waals surface area contributed by atoms with Crippen molar-refractivity contribution in [3.05, 3.63) is 73.1 Å². The summed E-state index contributed by atoms with van der Waals surface area (Å²) in [5.41, 5.74) is 3.39. The third kappa shape index (κ3) is 3.50. The van der Waals surface area contributed by atoms with E-state index in [-0.39, 0.29) is 12.5 Å². The van der Waals surface area contributed by atoms with Gasteiger partial charge in [-0.15, -0.1) is 0 Å². The number of para-hydroxylation sites is 2. The normalized spacial score (nSPS) is 10.7. The first-order valence-electron chi connectivity index (χ1n) is 8.54. The van der Waals surface area contributed by atoms with Crippen molar-refractivity contribution in [2.24, 2.45) is 0 Å². The Bertz CT molecular complexity index is 1070. The molecule has 134 valence electrons. The second-order valence-electron chi connectivity index (χ2n) is 6.02. The lowest BCUT2D eigenvalue weighted by Crippen LogP contribution is -2.19. The van der Waals surface area contributed by atoms with E-state index in [4.69, 9.17) is 9.72 Å². The highest BCUT2D eigenvalue weighted by atomic mass is 16.5. The molecular formula is C21H18N4O2. The number of aromatic nitrogens is 3. The summed E-state index contributed by atoms with van der Waals surface area (Å²) in [6.45, 7) is 0.157. The predicted octanol–water partition coefficient (Wildman–Crippen LogP) is 3.75. The lowest BCUT2D eigenvalue weighted by Gasteiger charge is -2.10. The first kappa shape index (κ1) is 16.8. The standard InChI is InChI=1S/C21H18N4O2/c1-27-17-8-6-16(7-9-17)23-20(26)14-25-19-5-3-2-4-18(19)24-21(25)15-10-12-22-13-11-15/h2-13H,14H2,1H3,(H,23,26). The van der Waals surface area contributed by atoms with Gasteiger partial charge in [0.25, 0.3) is 0 Å². The summed E-state index contributed by atoms with van der Waals surface area (Å²) >= 11 is 0. The van der Waals surface area contributed by atoms with Gasteiger partial charge in [0.2, 0.25) is 5.91 Å². The van der Waals surface area contributed by atoms with Crippen LogP contribution in [0.2, 0.25) is 0 Å². The lowest BCUT2D eigenvalue weighted by molar-refractivity contribution is -0.116. The zero-order valence-corrected chi connectivity index (χ0v) is 14.8. The van der Waals surface area contributed by atoms with Crippen molar-refractivity contribution in [2.75, 3.05) is 12.4 Å². The van der Waals surface area contributed by atoms with E-state index >= 15 is 0 Å². The molecule has 1 amide bonds. The number of imidazole rings is 1. The van der Waals surface area contributed by atoms with Gasteiger partial charge in [-0.25, -0.2) is 4.98 Å². The number of ether oxygens (including phenoxy) is 1. The van der Waals surface area contributed by atoms with Gasteiger partial charge in [0.1, 0.15) is 18.1 Å². The summed E-state index contributed by atoms with van der Waals surface area (Å²) in [6.07, 6.45) is 3.44. The minimum atomic E-state index is -0.126. The van der Waals surface area contributed by atoms with Gasteiger partial charge in [0.15, 0.2) is 0 Å². The number of benzene rings is 2. The van der Waals surface area contributed by atoms with E-state index in [1.165, 1.54) is 0 Å². The summed E-state index contributed by atoms with van der Waals surface area (Å²) in [7, 11) is 1.61. The molecule has 27 heavy (non-hydrogen) atoms. The number of amides is 1. The van der Waals surface area contributed by atoms with Crippen molar-refractivity contribution in [1.82, 2.24) is 14.5 Å². The lowest BCUT2D eigenvalue weighted by atomic mass is 10.2. The van der Waals surface area contributed by atoms with E-state index in [1.54, 1.807) is 19.5 Å². The average Bonchev–Trinajstić information content (AvgIpc) is 3.08. The number of nitrogens with one attached hydrogen (secondary N) is 1. The minimum absolute atomic E-state index is 0.126. The smallest absolute Gasteiger partial charge is 0.244 e. The van der Waals surface area contributed by atoms with E-state index in [0.29, 0.717) is 0 Å². The minimum Gasteiger partial charge on any atom is -0.497 e.